The van der Waals surface area contributed by atoms with E-state index in [0.717, 1.165) is 27.6 Å². The molecule has 0 bridgehead atoms. The summed E-state index contributed by atoms with van der Waals surface area (Å²) in [6.45, 7) is 2.07. The van der Waals surface area contributed by atoms with E-state index in [0.29, 0.717) is 41.5 Å². The fraction of sp³-hybridized carbons (Fsp3) is 0.200. The number of benzene rings is 3. The van der Waals surface area contributed by atoms with E-state index in [1.165, 1.54) is 7.11 Å². The molecule has 194 valence electrons. The van der Waals surface area contributed by atoms with Crippen LogP contribution < -0.4 is 10.5 Å². The lowest BCUT2D eigenvalue weighted by Crippen LogP contribution is -2.23. The average Bonchev–Trinajstić information content (AvgIpc) is 3.63. The second kappa shape index (κ2) is 10.5. The van der Waals surface area contributed by atoms with Crippen molar-refractivity contribution in [3.63, 3.8) is 0 Å². The number of hydrogen-bond acceptors (Lipinski definition) is 6. The molecule has 0 aliphatic rings. The maximum Gasteiger partial charge on any atom is 0.305 e. The number of fused-ring (bicyclic) bond motifs is 1. The Bertz CT molecular complexity index is 1580. The zero-order valence-electron chi connectivity index (χ0n) is 21.3. The van der Waals surface area contributed by atoms with Gasteiger partial charge in [-0.05, 0) is 54.8 Å². The van der Waals surface area contributed by atoms with Crippen molar-refractivity contribution in [1.82, 2.24) is 15.0 Å². The van der Waals surface area contributed by atoms with Gasteiger partial charge in [-0.15, -0.1) is 0 Å². The molecule has 0 spiro atoms. The second-order valence-corrected chi connectivity index (χ2v) is 9.31. The Balaban J connectivity index is 1.38. The predicted molar refractivity (Wildman–Crippen MR) is 146 cm³/mol. The SMILES string of the molecule is COC(=O)CCc1cccc(C(C)(O)c2cnc(-c3cccc(Oc4ccc5[nH]ccc5c4CN)c3)[nH]2)c1. The number of carbonyl (C=O) groups is 1. The van der Waals surface area contributed by atoms with Gasteiger partial charge in [0.1, 0.15) is 22.9 Å². The molecule has 0 radical (unpaired) electrons. The smallest absolute Gasteiger partial charge is 0.305 e. The molecule has 38 heavy (non-hydrogen) atoms. The van der Waals surface area contributed by atoms with E-state index in [-0.39, 0.29) is 12.4 Å². The van der Waals surface area contributed by atoms with Crippen LogP contribution in [0.25, 0.3) is 22.3 Å². The van der Waals surface area contributed by atoms with Crippen molar-refractivity contribution in [3.05, 3.63) is 102 Å². The summed E-state index contributed by atoms with van der Waals surface area (Å²) in [7, 11) is 1.38. The number of aliphatic hydroxyl groups is 1. The minimum absolute atomic E-state index is 0.268. The number of nitrogens with zero attached hydrogens (tertiary/aromatic N) is 1. The van der Waals surface area contributed by atoms with Crippen molar-refractivity contribution in [2.75, 3.05) is 7.11 Å². The van der Waals surface area contributed by atoms with Crippen LogP contribution >= 0.6 is 0 Å². The minimum Gasteiger partial charge on any atom is -0.469 e. The number of nitrogens with one attached hydrogen (secondary N) is 2. The molecule has 1 atom stereocenters. The number of esters is 1. The Morgan fingerprint density at radius 3 is 2.76 bits per heavy atom. The number of methoxy groups -OCH3 is 1. The number of rotatable bonds is 9. The van der Waals surface area contributed by atoms with Crippen LogP contribution in [0.5, 0.6) is 11.5 Å². The number of H-pyrrole nitrogens is 2. The number of nitrogens with two attached hydrogens (primary N) is 1. The molecule has 0 saturated heterocycles. The molecule has 5 rings (SSSR count). The molecule has 1 unspecified atom stereocenters. The zero-order valence-corrected chi connectivity index (χ0v) is 21.3. The highest BCUT2D eigenvalue weighted by Crippen LogP contribution is 2.34. The Morgan fingerprint density at radius 2 is 1.95 bits per heavy atom. The largest absolute Gasteiger partial charge is 0.469 e. The average molecular weight is 511 g/mol. The lowest BCUT2D eigenvalue weighted by atomic mass is 9.91. The number of aryl methyl sites for hydroxylation is 1. The van der Waals surface area contributed by atoms with Crippen LogP contribution in [0.4, 0.5) is 0 Å². The Kier molecular flexibility index (Phi) is 7.00. The van der Waals surface area contributed by atoms with Gasteiger partial charge in [0.05, 0.1) is 19.0 Å². The van der Waals surface area contributed by atoms with E-state index in [2.05, 4.69) is 15.0 Å². The van der Waals surface area contributed by atoms with Crippen LogP contribution in [0.1, 0.15) is 35.7 Å². The molecule has 2 heterocycles. The summed E-state index contributed by atoms with van der Waals surface area (Å²) < 4.78 is 11.0. The van der Waals surface area contributed by atoms with Gasteiger partial charge in [-0.25, -0.2) is 4.98 Å². The zero-order chi connectivity index (χ0) is 26.7. The maximum absolute atomic E-state index is 11.5. The molecule has 8 heteroatoms. The normalized spacial score (nSPS) is 12.8. The summed E-state index contributed by atoms with van der Waals surface area (Å²) in [6, 6.07) is 21.0. The summed E-state index contributed by atoms with van der Waals surface area (Å²) in [4.78, 5) is 22.5. The van der Waals surface area contributed by atoms with E-state index in [4.69, 9.17) is 15.2 Å². The molecule has 5 N–H and O–H groups in total. The van der Waals surface area contributed by atoms with Gasteiger partial charge in [-0.1, -0.05) is 36.4 Å². The standard InChI is InChI=1S/C30H30N4O4/c1-30(36,21-7-3-5-19(15-21)9-12-28(35)37-2)27-18-33-29(34-27)20-6-4-8-22(16-20)38-26-11-10-25-23(13-14-32-25)24(26)17-31/h3-8,10-11,13-16,18,32,36H,9,12,17,31H2,1-2H3,(H,33,34). The van der Waals surface area contributed by atoms with E-state index in [9.17, 15) is 9.90 Å². The molecule has 0 aliphatic heterocycles. The molecule has 3 aromatic carbocycles. The van der Waals surface area contributed by atoms with Gasteiger partial charge < -0.3 is 30.3 Å². The van der Waals surface area contributed by atoms with Crippen LogP contribution in [0.2, 0.25) is 0 Å². The first-order chi connectivity index (χ1) is 18.4. The number of imidazole rings is 1. The first-order valence-electron chi connectivity index (χ1n) is 12.4. The van der Waals surface area contributed by atoms with Crippen molar-refractivity contribution in [1.29, 1.82) is 0 Å². The van der Waals surface area contributed by atoms with Gasteiger partial charge in [0.2, 0.25) is 0 Å². The van der Waals surface area contributed by atoms with E-state index in [1.807, 2.05) is 72.9 Å². The van der Waals surface area contributed by atoms with E-state index in [1.54, 1.807) is 13.1 Å². The third-order valence-corrected chi connectivity index (χ3v) is 6.78. The highest BCUT2D eigenvalue weighted by Gasteiger charge is 2.28. The van der Waals surface area contributed by atoms with Crippen LogP contribution in [0.15, 0.2) is 79.1 Å². The second-order valence-electron chi connectivity index (χ2n) is 9.31. The van der Waals surface area contributed by atoms with E-state index >= 15 is 0 Å². The Morgan fingerprint density at radius 1 is 1.11 bits per heavy atom. The number of carbonyl (C=O) groups excluding carboxylic acids is 1. The van der Waals surface area contributed by atoms with Crippen LogP contribution in [-0.4, -0.2) is 33.1 Å². The van der Waals surface area contributed by atoms with Gasteiger partial charge in [0.15, 0.2) is 0 Å². The van der Waals surface area contributed by atoms with Gasteiger partial charge in [0.25, 0.3) is 0 Å². The number of aromatic nitrogens is 3. The van der Waals surface area contributed by atoms with Crippen molar-refractivity contribution < 1.29 is 19.4 Å². The molecular weight excluding hydrogens is 480 g/mol. The highest BCUT2D eigenvalue weighted by molar-refractivity contribution is 5.85. The summed E-state index contributed by atoms with van der Waals surface area (Å²) in [5, 5.41) is 12.5. The molecule has 2 aromatic heterocycles. The molecule has 0 saturated carbocycles. The summed E-state index contributed by atoms with van der Waals surface area (Å²) in [5.74, 6) is 1.69. The van der Waals surface area contributed by atoms with Crippen molar-refractivity contribution in [2.45, 2.75) is 31.9 Å². The number of aromatic amines is 2. The van der Waals surface area contributed by atoms with Crippen molar-refractivity contribution in [2.24, 2.45) is 5.73 Å². The molecular formula is C30H30N4O4. The third kappa shape index (κ3) is 5.04. The fourth-order valence-electron chi connectivity index (χ4n) is 4.56. The number of hydrogen-bond donors (Lipinski definition) is 4. The first kappa shape index (κ1) is 25.3. The van der Waals surface area contributed by atoms with Crippen LogP contribution in [0.3, 0.4) is 0 Å². The van der Waals surface area contributed by atoms with Gasteiger partial charge in [0, 0.05) is 41.2 Å². The van der Waals surface area contributed by atoms with Crippen molar-refractivity contribution >= 4 is 16.9 Å². The van der Waals surface area contributed by atoms with Crippen LogP contribution in [-0.2, 0) is 28.1 Å². The Labute approximate surface area is 220 Å². The minimum atomic E-state index is -1.32. The lowest BCUT2D eigenvalue weighted by molar-refractivity contribution is -0.140. The monoisotopic (exact) mass is 510 g/mol. The van der Waals surface area contributed by atoms with Crippen LogP contribution in [0, 0.1) is 0 Å². The first-order valence-corrected chi connectivity index (χ1v) is 12.4. The predicted octanol–water partition coefficient (Wildman–Crippen LogP) is 5.17. The summed E-state index contributed by atoms with van der Waals surface area (Å²) in [5.41, 5.74) is 9.65. The Hall–Kier alpha value is -4.40. The van der Waals surface area contributed by atoms with E-state index < -0.39 is 5.60 Å². The molecule has 0 aliphatic carbocycles. The van der Waals surface area contributed by atoms with Crippen molar-refractivity contribution in [3.8, 4) is 22.9 Å². The molecule has 0 fully saturated rings. The highest BCUT2D eigenvalue weighted by atomic mass is 16.5. The fourth-order valence-corrected chi connectivity index (χ4v) is 4.56. The third-order valence-electron chi connectivity index (χ3n) is 6.78. The quantitative estimate of drug-likeness (QED) is 0.203. The topological polar surface area (TPSA) is 126 Å². The molecule has 5 aromatic rings. The maximum atomic E-state index is 11.5. The number of ether oxygens (including phenoxy) is 2. The van der Waals surface area contributed by atoms with Gasteiger partial charge >= 0.3 is 5.97 Å². The lowest BCUT2D eigenvalue weighted by Gasteiger charge is -2.23. The summed E-state index contributed by atoms with van der Waals surface area (Å²) >= 11 is 0. The molecule has 0 amide bonds. The van der Waals surface area contributed by atoms with Gasteiger partial charge in [-0.3, -0.25) is 4.79 Å². The molecule has 8 nitrogen and oxygen atoms in total. The summed E-state index contributed by atoms with van der Waals surface area (Å²) in [6.07, 6.45) is 4.33. The van der Waals surface area contributed by atoms with Gasteiger partial charge in [-0.2, -0.15) is 0 Å².